The van der Waals surface area contributed by atoms with E-state index in [9.17, 15) is 17.6 Å². The number of carboxylic acid groups (broad SMARTS) is 1. The largest absolute Gasteiger partial charge is 0.478 e. The van der Waals surface area contributed by atoms with Crippen molar-refractivity contribution in [3.8, 4) is 6.07 Å². The van der Waals surface area contributed by atoms with Gasteiger partial charge in [0.25, 0.3) is 0 Å². The molecule has 21 heavy (non-hydrogen) atoms. The minimum atomic E-state index is -3.99. The van der Waals surface area contributed by atoms with E-state index in [1.54, 1.807) is 0 Å². The van der Waals surface area contributed by atoms with Gasteiger partial charge in [-0.05, 0) is 31.9 Å². The molecule has 0 saturated carbocycles. The number of nitrogens with zero attached hydrogens (tertiary/aromatic N) is 1. The van der Waals surface area contributed by atoms with E-state index < -0.39 is 27.4 Å². The van der Waals surface area contributed by atoms with Gasteiger partial charge >= 0.3 is 5.97 Å². The van der Waals surface area contributed by atoms with Gasteiger partial charge in [-0.3, -0.25) is 0 Å². The number of hydrogen-bond donors (Lipinski definition) is 2. The third kappa shape index (κ3) is 4.51. The Morgan fingerprint density at radius 1 is 1.43 bits per heavy atom. The van der Waals surface area contributed by atoms with Crippen LogP contribution < -0.4 is 4.72 Å². The van der Waals surface area contributed by atoms with Gasteiger partial charge in [-0.15, -0.1) is 0 Å². The average Bonchev–Trinajstić information content (AvgIpc) is 2.40. The second-order valence-corrected chi connectivity index (χ2v) is 6.13. The van der Waals surface area contributed by atoms with Crippen LogP contribution >= 0.6 is 0 Å². The van der Waals surface area contributed by atoms with Crippen molar-refractivity contribution in [2.75, 3.05) is 6.54 Å². The zero-order valence-electron chi connectivity index (χ0n) is 11.4. The Bertz CT molecular complexity index is 680. The molecule has 0 aromatic heterocycles. The fourth-order valence-corrected chi connectivity index (χ4v) is 3.02. The zero-order valence-corrected chi connectivity index (χ0v) is 12.2. The van der Waals surface area contributed by atoms with Gasteiger partial charge < -0.3 is 5.11 Å². The summed E-state index contributed by atoms with van der Waals surface area (Å²) < 4.78 is 40.1. The van der Waals surface area contributed by atoms with Crippen molar-refractivity contribution in [2.24, 2.45) is 0 Å². The smallest absolute Gasteiger partial charge is 0.335 e. The number of aromatic carboxylic acids is 1. The number of nitrogens with one attached hydrogen (secondary N) is 1. The second-order valence-electron chi connectivity index (χ2n) is 4.40. The van der Waals surface area contributed by atoms with E-state index in [4.69, 9.17) is 10.4 Å². The Hall–Kier alpha value is -1.98. The Morgan fingerprint density at radius 3 is 2.67 bits per heavy atom. The predicted octanol–water partition coefficient (Wildman–Crippen LogP) is 1.80. The molecule has 0 aliphatic rings. The Morgan fingerprint density at radius 2 is 2.10 bits per heavy atom. The van der Waals surface area contributed by atoms with Crippen LogP contribution in [-0.2, 0) is 10.0 Å². The minimum absolute atomic E-state index is 0.0996. The van der Waals surface area contributed by atoms with E-state index in [1.807, 2.05) is 6.07 Å². The van der Waals surface area contributed by atoms with Crippen LogP contribution in [0.25, 0.3) is 0 Å². The summed E-state index contributed by atoms with van der Waals surface area (Å²) in [6, 6.07) is 3.65. The van der Waals surface area contributed by atoms with Gasteiger partial charge in [-0.25, -0.2) is 22.3 Å². The summed E-state index contributed by atoms with van der Waals surface area (Å²) in [6.45, 7) is 1.37. The first-order valence-corrected chi connectivity index (χ1v) is 7.68. The van der Waals surface area contributed by atoms with Crippen molar-refractivity contribution in [3.05, 3.63) is 29.1 Å². The first kappa shape index (κ1) is 17.1. The first-order valence-electron chi connectivity index (χ1n) is 6.19. The van der Waals surface area contributed by atoms with Crippen LogP contribution in [0.2, 0.25) is 0 Å². The Labute approximate surface area is 122 Å². The highest BCUT2D eigenvalue weighted by atomic mass is 32.2. The van der Waals surface area contributed by atoms with E-state index in [0.29, 0.717) is 19.3 Å². The molecule has 8 heteroatoms. The van der Waals surface area contributed by atoms with Crippen molar-refractivity contribution in [3.63, 3.8) is 0 Å². The highest BCUT2D eigenvalue weighted by Gasteiger charge is 2.21. The van der Waals surface area contributed by atoms with Gasteiger partial charge in [0, 0.05) is 18.5 Å². The number of halogens is 1. The monoisotopic (exact) mass is 314 g/mol. The maximum absolute atomic E-state index is 13.6. The molecule has 1 aromatic rings. The number of carbonyl (C=O) groups is 1. The lowest BCUT2D eigenvalue weighted by atomic mass is 10.1. The third-order valence-electron chi connectivity index (χ3n) is 2.84. The summed E-state index contributed by atoms with van der Waals surface area (Å²) in [5.41, 5.74) is -0.563. The van der Waals surface area contributed by atoms with Crippen LogP contribution in [0, 0.1) is 24.1 Å². The molecule has 0 bridgehead atoms. The van der Waals surface area contributed by atoms with Gasteiger partial charge in [-0.1, -0.05) is 0 Å². The molecule has 0 atom stereocenters. The molecule has 0 spiro atoms. The molecule has 0 radical (unpaired) electrons. The highest BCUT2D eigenvalue weighted by molar-refractivity contribution is 7.89. The molecule has 114 valence electrons. The summed E-state index contributed by atoms with van der Waals surface area (Å²) in [4.78, 5) is 10.5. The molecule has 0 amide bonds. The fourth-order valence-electron chi connectivity index (χ4n) is 1.67. The van der Waals surface area contributed by atoms with E-state index in [1.165, 1.54) is 6.92 Å². The topological polar surface area (TPSA) is 107 Å². The van der Waals surface area contributed by atoms with Crippen LogP contribution in [-0.4, -0.2) is 26.0 Å². The molecule has 1 aromatic carbocycles. The molecule has 0 aliphatic heterocycles. The Balaban J connectivity index is 2.97. The van der Waals surface area contributed by atoms with Crippen LogP contribution in [0.5, 0.6) is 0 Å². The number of carboxylic acids is 1. The Kier molecular flexibility index (Phi) is 5.81. The molecule has 2 N–H and O–H groups in total. The van der Waals surface area contributed by atoms with Crippen molar-refractivity contribution >= 4 is 16.0 Å². The van der Waals surface area contributed by atoms with Gasteiger partial charge in [0.2, 0.25) is 10.0 Å². The fraction of sp³-hybridized carbons (Fsp3) is 0.385. The number of sulfonamides is 1. The first-order chi connectivity index (χ1) is 9.79. The second kappa shape index (κ2) is 7.15. The van der Waals surface area contributed by atoms with E-state index in [0.717, 1.165) is 12.1 Å². The number of hydrogen-bond acceptors (Lipinski definition) is 4. The van der Waals surface area contributed by atoms with Crippen LogP contribution in [0.15, 0.2) is 17.0 Å². The van der Waals surface area contributed by atoms with Gasteiger partial charge in [0.1, 0.15) is 5.82 Å². The molecule has 1 rings (SSSR count). The van der Waals surface area contributed by atoms with Crippen molar-refractivity contribution < 1.29 is 22.7 Å². The summed E-state index contributed by atoms with van der Waals surface area (Å²) >= 11 is 0. The molecular formula is C13H15FN2O4S. The molecule has 0 aliphatic carbocycles. The van der Waals surface area contributed by atoms with Gasteiger partial charge in [0.05, 0.1) is 16.5 Å². The highest BCUT2D eigenvalue weighted by Crippen LogP contribution is 2.20. The SMILES string of the molecule is Cc1c(F)cc(C(=O)O)cc1S(=O)(=O)NCCCCC#N. The summed E-state index contributed by atoms with van der Waals surface area (Å²) in [5.74, 6) is -2.29. The van der Waals surface area contributed by atoms with Crippen molar-refractivity contribution in [2.45, 2.75) is 31.1 Å². The third-order valence-corrected chi connectivity index (χ3v) is 4.43. The van der Waals surface area contributed by atoms with Gasteiger partial charge in [-0.2, -0.15) is 5.26 Å². The maximum atomic E-state index is 13.6. The van der Waals surface area contributed by atoms with E-state index >= 15 is 0 Å². The van der Waals surface area contributed by atoms with Crippen molar-refractivity contribution in [1.82, 2.24) is 4.72 Å². The van der Waals surface area contributed by atoms with Crippen LogP contribution in [0.4, 0.5) is 4.39 Å². The lowest BCUT2D eigenvalue weighted by molar-refractivity contribution is 0.0696. The van der Waals surface area contributed by atoms with E-state index in [2.05, 4.69) is 4.72 Å². The van der Waals surface area contributed by atoms with Crippen LogP contribution in [0.3, 0.4) is 0 Å². The molecular weight excluding hydrogens is 299 g/mol. The summed E-state index contributed by atoms with van der Waals surface area (Å²) in [7, 11) is -3.99. The molecule has 0 saturated heterocycles. The minimum Gasteiger partial charge on any atom is -0.478 e. The average molecular weight is 314 g/mol. The van der Waals surface area contributed by atoms with Gasteiger partial charge in [0.15, 0.2) is 0 Å². The molecule has 6 nitrogen and oxygen atoms in total. The predicted molar refractivity (Wildman–Crippen MR) is 72.7 cm³/mol. The quantitative estimate of drug-likeness (QED) is 0.746. The summed E-state index contributed by atoms with van der Waals surface area (Å²) in [5, 5.41) is 17.2. The molecule has 0 fully saturated rings. The van der Waals surface area contributed by atoms with Crippen LogP contribution in [0.1, 0.15) is 35.2 Å². The molecule has 0 unspecified atom stereocenters. The number of unbranched alkanes of at least 4 members (excludes halogenated alkanes) is 2. The molecule has 0 heterocycles. The number of rotatable bonds is 7. The number of benzene rings is 1. The standard InChI is InChI=1S/C13H15FN2O4S/c1-9-11(14)7-10(13(17)18)8-12(9)21(19,20)16-6-4-2-3-5-15/h7-8,16H,2-4,6H2,1H3,(H,17,18). The van der Waals surface area contributed by atoms with E-state index in [-0.39, 0.29) is 17.0 Å². The lowest BCUT2D eigenvalue weighted by Crippen LogP contribution is -2.26. The summed E-state index contributed by atoms with van der Waals surface area (Å²) in [6.07, 6.45) is 1.33. The zero-order chi connectivity index (χ0) is 16.0. The normalized spacial score (nSPS) is 11.1. The van der Waals surface area contributed by atoms with Crippen molar-refractivity contribution in [1.29, 1.82) is 5.26 Å². The number of nitriles is 1. The maximum Gasteiger partial charge on any atom is 0.335 e. The lowest BCUT2D eigenvalue weighted by Gasteiger charge is -2.10.